The highest BCUT2D eigenvalue weighted by atomic mass is 35.5. The van der Waals surface area contributed by atoms with Gasteiger partial charge >= 0.3 is 0 Å². The molecule has 5 rings (SSSR count). The Kier molecular flexibility index (Phi) is 3.12. The highest BCUT2D eigenvalue weighted by Gasteiger charge is 2.42. The van der Waals surface area contributed by atoms with E-state index in [-0.39, 0.29) is 18.0 Å². The number of hydrogen-bond donors (Lipinski definition) is 2. The summed E-state index contributed by atoms with van der Waals surface area (Å²) in [5, 5.41) is 5.43. The van der Waals surface area contributed by atoms with Gasteiger partial charge in [0.25, 0.3) is 0 Å². The van der Waals surface area contributed by atoms with Crippen LogP contribution in [-0.2, 0) is 4.74 Å². The first-order valence-electron chi connectivity index (χ1n) is 8.15. The zero-order valence-electron chi connectivity index (χ0n) is 12.9. The third-order valence-corrected chi connectivity index (χ3v) is 5.44. The lowest BCUT2D eigenvalue weighted by molar-refractivity contribution is 0.0830. The maximum Gasteiger partial charge on any atom is 0.125 e. The number of ether oxygens (including phenoxy) is 1. The standard InChI is InChI=1S/C19H16ClFN2O/c20-10-1-4-16-14(7-10)19-13(5-6-24-19)18(23-16)15-9-22-17-8-11(21)2-3-12(15)17/h1-4,7-9,13,18-19,22-23H,5-6H2/t13-,18+,19-/m0/s1. The van der Waals surface area contributed by atoms with Crippen molar-refractivity contribution in [1.29, 1.82) is 0 Å². The second-order valence-corrected chi connectivity index (χ2v) is 6.97. The van der Waals surface area contributed by atoms with Crippen LogP contribution in [0.5, 0.6) is 0 Å². The van der Waals surface area contributed by atoms with Gasteiger partial charge in [0.15, 0.2) is 0 Å². The van der Waals surface area contributed by atoms with E-state index in [4.69, 9.17) is 16.3 Å². The molecule has 3 aromatic rings. The van der Waals surface area contributed by atoms with Crippen molar-refractivity contribution in [2.45, 2.75) is 18.6 Å². The first kappa shape index (κ1) is 14.3. The van der Waals surface area contributed by atoms with E-state index in [2.05, 4.69) is 10.3 Å². The molecule has 5 heteroatoms. The number of fused-ring (bicyclic) bond motifs is 4. The van der Waals surface area contributed by atoms with Crippen LogP contribution in [0.25, 0.3) is 10.9 Å². The molecule has 24 heavy (non-hydrogen) atoms. The summed E-state index contributed by atoms with van der Waals surface area (Å²) < 4.78 is 19.5. The van der Waals surface area contributed by atoms with E-state index in [0.29, 0.717) is 5.92 Å². The van der Waals surface area contributed by atoms with Crippen LogP contribution in [0.1, 0.15) is 29.7 Å². The molecule has 0 aliphatic carbocycles. The second-order valence-electron chi connectivity index (χ2n) is 6.53. The van der Waals surface area contributed by atoms with E-state index in [9.17, 15) is 4.39 Å². The van der Waals surface area contributed by atoms with Gasteiger partial charge in [-0.1, -0.05) is 11.6 Å². The molecule has 1 fully saturated rings. The molecule has 1 saturated heterocycles. The van der Waals surface area contributed by atoms with Crippen LogP contribution in [-0.4, -0.2) is 11.6 Å². The number of H-pyrrole nitrogens is 1. The Morgan fingerprint density at radius 3 is 2.96 bits per heavy atom. The Labute approximate surface area is 143 Å². The highest BCUT2D eigenvalue weighted by molar-refractivity contribution is 6.30. The number of halogens is 2. The molecular formula is C19H16ClFN2O. The monoisotopic (exact) mass is 342 g/mol. The quantitative estimate of drug-likeness (QED) is 0.637. The lowest BCUT2D eigenvalue weighted by atomic mass is 9.81. The van der Waals surface area contributed by atoms with E-state index >= 15 is 0 Å². The van der Waals surface area contributed by atoms with Crippen LogP contribution in [0.4, 0.5) is 10.1 Å². The van der Waals surface area contributed by atoms with Gasteiger partial charge in [-0.25, -0.2) is 4.39 Å². The van der Waals surface area contributed by atoms with Gasteiger partial charge in [-0.2, -0.15) is 0 Å². The molecule has 0 radical (unpaired) electrons. The topological polar surface area (TPSA) is 37.0 Å². The van der Waals surface area contributed by atoms with Gasteiger partial charge in [0, 0.05) is 45.9 Å². The maximum absolute atomic E-state index is 13.5. The fourth-order valence-corrected chi connectivity index (χ4v) is 4.31. The van der Waals surface area contributed by atoms with Crippen molar-refractivity contribution in [2.24, 2.45) is 5.92 Å². The van der Waals surface area contributed by atoms with Gasteiger partial charge in [-0.3, -0.25) is 0 Å². The van der Waals surface area contributed by atoms with Crippen LogP contribution >= 0.6 is 11.6 Å². The maximum atomic E-state index is 13.5. The predicted molar refractivity (Wildman–Crippen MR) is 92.9 cm³/mol. The van der Waals surface area contributed by atoms with Gasteiger partial charge in [0.05, 0.1) is 12.1 Å². The second kappa shape index (κ2) is 5.23. The summed E-state index contributed by atoms with van der Waals surface area (Å²) in [6.45, 7) is 0.746. The van der Waals surface area contributed by atoms with Gasteiger partial charge in [0.2, 0.25) is 0 Å². The Bertz CT molecular complexity index is 938. The minimum atomic E-state index is -0.227. The van der Waals surface area contributed by atoms with Crippen molar-refractivity contribution < 1.29 is 9.13 Å². The van der Waals surface area contributed by atoms with E-state index < -0.39 is 0 Å². The fraction of sp³-hybridized carbons (Fsp3) is 0.263. The number of nitrogens with one attached hydrogen (secondary N) is 2. The van der Waals surface area contributed by atoms with Crippen LogP contribution in [0, 0.1) is 11.7 Å². The molecule has 2 aromatic carbocycles. The number of rotatable bonds is 1. The molecule has 3 atom stereocenters. The minimum Gasteiger partial charge on any atom is -0.377 e. The SMILES string of the molecule is Fc1ccc2c([C@@H]3Nc4ccc(Cl)cc4[C@H]4OCC[C@H]43)c[nH]c2c1. The highest BCUT2D eigenvalue weighted by Crippen LogP contribution is 2.51. The first-order chi connectivity index (χ1) is 11.7. The van der Waals surface area contributed by atoms with Crippen molar-refractivity contribution in [3.63, 3.8) is 0 Å². The molecule has 0 unspecified atom stereocenters. The summed E-state index contributed by atoms with van der Waals surface area (Å²) in [5.41, 5.74) is 4.17. The Balaban J connectivity index is 1.64. The lowest BCUT2D eigenvalue weighted by Gasteiger charge is -2.36. The molecule has 122 valence electrons. The summed E-state index contributed by atoms with van der Waals surface area (Å²) in [5.74, 6) is 0.106. The molecule has 3 heterocycles. The Morgan fingerprint density at radius 2 is 2.04 bits per heavy atom. The van der Waals surface area contributed by atoms with Gasteiger partial charge in [0.1, 0.15) is 5.82 Å². The zero-order valence-corrected chi connectivity index (χ0v) is 13.6. The van der Waals surface area contributed by atoms with Gasteiger partial charge < -0.3 is 15.0 Å². The first-order valence-corrected chi connectivity index (χ1v) is 8.52. The van der Waals surface area contributed by atoms with E-state index in [0.717, 1.165) is 45.8 Å². The number of benzene rings is 2. The van der Waals surface area contributed by atoms with Crippen molar-refractivity contribution in [2.75, 3.05) is 11.9 Å². The van der Waals surface area contributed by atoms with Crippen LogP contribution in [0.15, 0.2) is 42.6 Å². The summed E-state index contributed by atoms with van der Waals surface area (Å²) >= 11 is 6.17. The molecule has 2 N–H and O–H groups in total. The molecule has 2 aliphatic rings. The number of anilines is 1. The molecule has 0 spiro atoms. The fourth-order valence-electron chi connectivity index (χ4n) is 4.13. The van der Waals surface area contributed by atoms with Crippen LogP contribution in [0.2, 0.25) is 5.02 Å². The zero-order chi connectivity index (χ0) is 16.3. The van der Waals surface area contributed by atoms with E-state index in [1.807, 2.05) is 30.5 Å². The molecule has 0 saturated carbocycles. The van der Waals surface area contributed by atoms with Crippen molar-refractivity contribution >= 4 is 28.2 Å². The lowest BCUT2D eigenvalue weighted by Crippen LogP contribution is -2.29. The summed E-state index contributed by atoms with van der Waals surface area (Å²) in [7, 11) is 0. The van der Waals surface area contributed by atoms with E-state index in [1.54, 1.807) is 0 Å². The summed E-state index contributed by atoms with van der Waals surface area (Å²) in [4.78, 5) is 3.20. The minimum absolute atomic E-state index is 0.0512. The summed E-state index contributed by atoms with van der Waals surface area (Å²) in [6, 6.07) is 10.9. The van der Waals surface area contributed by atoms with Crippen molar-refractivity contribution in [1.82, 2.24) is 4.98 Å². The average Bonchev–Trinajstić information content (AvgIpc) is 3.21. The molecular weight excluding hydrogens is 327 g/mol. The van der Waals surface area contributed by atoms with Crippen LogP contribution in [0.3, 0.4) is 0 Å². The number of aromatic amines is 1. The number of aromatic nitrogens is 1. The largest absolute Gasteiger partial charge is 0.377 e. The molecule has 2 aliphatic heterocycles. The predicted octanol–water partition coefficient (Wildman–Crippen LogP) is 5.20. The van der Waals surface area contributed by atoms with Gasteiger partial charge in [-0.05, 0) is 48.4 Å². The van der Waals surface area contributed by atoms with Crippen molar-refractivity contribution in [3.8, 4) is 0 Å². The molecule has 0 amide bonds. The normalized spacial score (nSPS) is 25.3. The molecule has 3 nitrogen and oxygen atoms in total. The molecule has 0 bridgehead atoms. The third-order valence-electron chi connectivity index (χ3n) is 5.21. The summed E-state index contributed by atoms with van der Waals surface area (Å²) in [6.07, 6.45) is 3.02. The number of hydrogen-bond acceptors (Lipinski definition) is 2. The van der Waals surface area contributed by atoms with E-state index in [1.165, 1.54) is 12.1 Å². The average molecular weight is 343 g/mol. The third kappa shape index (κ3) is 2.06. The smallest absolute Gasteiger partial charge is 0.125 e. The van der Waals surface area contributed by atoms with Gasteiger partial charge in [-0.15, -0.1) is 0 Å². The molecule has 1 aromatic heterocycles. The van der Waals surface area contributed by atoms with Crippen LogP contribution < -0.4 is 5.32 Å². The van der Waals surface area contributed by atoms with Crippen molar-refractivity contribution in [3.05, 3.63) is 64.6 Å². The Hall–Kier alpha value is -2.04. The Morgan fingerprint density at radius 1 is 1.12 bits per heavy atom.